The highest BCUT2D eigenvalue weighted by Crippen LogP contribution is 2.27. The number of methoxy groups -OCH3 is 3. The van der Waals surface area contributed by atoms with Crippen LogP contribution in [0.25, 0.3) is 6.08 Å². The topological polar surface area (TPSA) is 65.1 Å². The largest absolute Gasteiger partial charge is 0.493 e. The van der Waals surface area contributed by atoms with Gasteiger partial charge in [0.15, 0.2) is 11.5 Å². The van der Waals surface area contributed by atoms with Crippen molar-refractivity contribution in [2.24, 2.45) is 0 Å². The number of rotatable bonds is 7. The van der Waals surface area contributed by atoms with Crippen molar-refractivity contribution in [2.45, 2.75) is 6.42 Å². The van der Waals surface area contributed by atoms with Gasteiger partial charge in [-0.1, -0.05) is 6.07 Å². The SMILES string of the molecule is COC(=O)CCN(C)C(=O)/C=C/c1ccc(OC)c(OC)c1. The van der Waals surface area contributed by atoms with E-state index in [0.717, 1.165) is 5.56 Å². The Hall–Kier alpha value is -2.50. The zero-order valence-electron chi connectivity index (χ0n) is 13.3. The number of esters is 1. The number of nitrogens with zero attached hydrogens (tertiary/aromatic N) is 1. The second-order valence-electron chi connectivity index (χ2n) is 4.53. The third-order valence-electron chi connectivity index (χ3n) is 3.08. The first-order valence-electron chi connectivity index (χ1n) is 6.73. The molecule has 0 radical (unpaired) electrons. The molecule has 0 aliphatic carbocycles. The molecule has 0 fully saturated rings. The van der Waals surface area contributed by atoms with Gasteiger partial charge in [-0.2, -0.15) is 0 Å². The summed E-state index contributed by atoms with van der Waals surface area (Å²) in [5.74, 6) is 0.680. The van der Waals surface area contributed by atoms with Crippen LogP contribution in [0, 0.1) is 0 Å². The van der Waals surface area contributed by atoms with Crippen LogP contribution in [0.3, 0.4) is 0 Å². The zero-order chi connectivity index (χ0) is 16.5. The summed E-state index contributed by atoms with van der Waals surface area (Å²) in [6, 6.07) is 5.36. The van der Waals surface area contributed by atoms with E-state index in [1.165, 1.54) is 18.1 Å². The smallest absolute Gasteiger partial charge is 0.307 e. The Labute approximate surface area is 130 Å². The van der Waals surface area contributed by atoms with Gasteiger partial charge in [0.05, 0.1) is 27.8 Å². The summed E-state index contributed by atoms with van der Waals surface area (Å²) in [5, 5.41) is 0. The van der Waals surface area contributed by atoms with Gasteiger partial charge >= 0.3 is 5.97 Å². The maximum atomic E-state index is 11.9. The Kier molecular flexibility index (Phi) is 6.95. The van der Waals surface area contributed by atoms with Gasteiger partial charge in [0.25, 0.3) is 0 Å². The Morgan fingerprint density at radius 1 is 1.14 bits per heavy atom. The van der Waals surface area contributed by atoms with Crippen LogP contribution in [0.1, 0.15) is 12.0 Å². The van der Waals surface area contributed by atoms with Crippen LogP contribution < -0.4 is 9.47 Å². The van der Waals surface area contributed by atoms with Crippen molar-refractivity contribution in [3.63, 3.8) is 0 Å². The Morgan fingerprint density at radius 3 is 2.41 bits per heavy atom. The molecule has 120 valence electrons. The first-order chi connectivity index (χ1) is 10.5. The van der Waals surface area contributed by atoms with Crippen LogP contribution in [-0.4, -0.2) is 51.7 Å². The number of likely N-dealkylation sites (N-methyl/N-ethyl adjacent to an activating group) is 1. The highest BCUT2D eigenvalue weighted by molar-refractivity contribution is 5.91. The first-order valence-corrected chi connectivity index (χ1v) is 6.73. The quantitative estimate of drug-likeness (QED) is 0.567. The predicted octanol–water partition coefficient (Wildman–Crippen LogP) is 1.74. The van der Waals surface area contributed by atoms with Crippen LogP contribution in [0.2, 0.25) is 0 Å². The minimum atomic E-state index is -0.344. The molecule has 0 bridgehead atoms. The molecule has 0 saturated carbocycles. The van der Waals surface area contributed by atoms with Crippen molar-refractivity contribution < 1.29 is 23.8 Å². The molecule has 6 heteroatoms. The molecule has 1 aromatic rings. The third kappa shape index (κ3) is 5.12. The summed E-state index contributed by atoms with van der Waals surface area (Å²) >= 11 is 0. The van der Waals surface area contributed by atoms with E-state index in [9.17, 15) is 9.59 Å². The van der Waals surface area contributed by atoms with E-state index in [0.29, 0.717) is 18.0 Å². The fourth-order valence-electron chi connectivity index (χ4n) is 1.72. The Bertz CT molecular complexity index is 553. The van der Waals surface area contributed by atoms with E-state index in [-0.39, 0.29) is 18.3 Å². The summed E-state index contributed by atoms with van der Waals surface area (Å²) in [5.41, 5.74) is 0.812. The third-order valence-corrected chi connectivity index (χ3v) is 3.08. The number of hydrogen-bond acceptors (Lipinski definition) is 5. The van der Waals surface area contributed by atoms with Gasteiger partial charge < -0.3 is 19.1 Å². The van der Waals surface area contributed by atoms with Crippen LogP contribution in [0.5, 0.6) is 11.5 Å². The molecular weight excluding hydrogens is 286 g/mol. The fourth-order valence-corrected chi connectivity index (χ4v) is 1.72. The van der Waals surface area contributed by atoms with Crippen molar-refractivity contribution in [2.75, 3.05) is 34.9 Å². The number of benzene rings is 1. The predicted molar refractivity (Wildman–Crippen MR) is 82.9 cm³/mol. The van der Waals surface area contributed by atoms with E-state index < -0.39 is 0 Å². The van der Waals surface area contributed by atoms with Crippen molar-refractivity contribution in [1.82, 2.24) is 4.90 Å². The number of carbonyl (C=O) groups excluding carboxylic acids is 2. The van der Waals surface area contributed by atoms with E-state index >= 15 is 0 Å². The van der Waals surface area contributed by atoms with Gasteiger partial charge in [0.1, 0.15) is 0 Å². The average Bonchev–Trinajstić information content (AvgIpc) is 2.56. The van der Waals surface area contributed by atoms with Crippen LogP contribution in [0.15, 0.2) is 24.3 Å². The van der Waals surface area contributed by atoms with Gasteiger partial charge in [-0.3, -0.25) is 9.59 Å². The Morgan fingerprint density at radius 2 is 1.82 bits per heavy atom. The number of carbonyl (C=O) groups is 2. The highest BCUT2D eigenvalue weighted by Gasteiger charge is 2.08. The lowest BCUT2D eigenvalue weighted by Crippen LogP contribution is -2.27. The molecule has 22 heavy (non-hydrogen) atoms. The molecule has 0 atom stereocenters. The molecule has 1 rings (SSSR count). The van der Waals surface area contributed by atoms with E-state index in [1.54, 1.807) is 39.5 Å². The molecule has 0 aliphatic heterocycles. The number of ether oxygens (including phenoxy) is 3. The maximum absolute atomic E-state index is 11.9. The number of amides is 1. The van der Waals surface area contributed by atoms with Gasteiger partial charge in [0.2, 0.25) is 5.91 Å². The summed E-state index contributed by atoms with van der Waals surface area (Å²) in [6.07, 6.45) is 3.29. The van der Waals surface area contributed by atoms with Crippen molar-refractivity contribution in [1.29, 1.82) is 0 Å². The summed E-state index contributed by atoms with van der Waals surface area (Å²) in [6.45, 7) is 0.307. The van der Waals surface area contributed by atoms with Crippen LogP contribution in [-0.2, 0) is 14.3 Å². The lowest BCUT2D eigenvalue weighted by molar-refractivity contribution is -0.141. The second kappa shape index (κ2) is 8.71. The molecule has 0 unspecified atom stereocenters. The van der Waals surface area contributed by atoms with Gasteiger partial charge in [-0.05, 0) is 23.8 Å². The van der Waals surface area contributed by atoms with E-state index in [4.69, 9.17) is 9.47 Å². The van der Waals surface area contributed by atoms with Crippen molar-refractivity contribution in [3.8, 4) is 11.5 Å². The summed E-state index contributed by atoms with van der Waals surface area (Å²) in [7, 11) is 6.07. The first kappa shape index (κ1) is 17.6. The molecule has 0 N–H and O–H groups in total. The zero-order valence-corrected chi connectivity index (χ0v) is 13.3. The molecule has 0 aromatic heterocycles. The molecule has 0 saturated heterocycles. The summed E-state index contributed by atoms with van der Waals surface area (Å²) < 4.78 is 14.9. The Balaban J connectivity index is 2.67. The molecule has 1 amide bonds. The second-order valence-corrected chi connectivity index (χ2v) is 4.53. The standard InChI is InChI=1S/C16H21NO5/c1-17(10-9-16(19)22-4)15(18)8-6-12-5-7-13(20-2)14(11-12)21-3/h5-8,11H,9-10H2,1-4H3/b8-6+. The van der Waals surface area contributed by atoms with Crippen LogP contribution >= 0.6 is 0 Å². The molecule has 0 heterocycles. The van der Waals surface area contributed by atoms with Gasteiger partial charge in [0, 0.05) is 19.7 Å². The van der Waals surface area contributed by atoms with Gasteiger partial charge in [-0.25, -0.2) is 0 Å². The average molecular weight is 307 g/mol. The molecule has 1 aromatic carbocycles. The fraction of sp³-hybridized carbons (Fsp3) is 0.375. The number of hydrogen-bond donors (Lipinski definition) is 0. The lowest BCUT2D eigenvalue weighted by Gasteiger charge is -2.14. The molecular formula is C16H21NO5. The van der Waals surface area contributed by atoms with Crippen molar-refractivity contribution >= 4 is 18.0 Å². The minimum Gasteiger partial charge on any atom is -0.493 e. The molecule has 0 spiro atoms. The van der Waals surface area contributed by atoms with Gasteiger partial charge in [-0.15, -0.1) is 0 Å². The highest BCUT2D eigenvalue weighted by atomic mass is 16.5. The van der Waals surface area contributed by atoms with E-state index in [1.807, 2.05) is 6.07 Å². The summed E-state index contributed by atoms with van der Waals surface area (Å²) in [4.78, 5) is 24.4. The monoisotopic (exact) mass is 307 g/mol. The minimum absolute atomic E-state index is 0.170. The van der Waals surface area contributed by atoms with E-state index in [2.05, 4.69) is 4.74 Å². The van der Waals surface area contributed by atoms with Crippen molar-refractivity contribution in [3.05, 3.63) is 29.8 Å². The lowest BCUT2D eigenvalue weighted by atomic mass is 10.2. The maximum Gasteiger partial charge on any atom is 0.307 e. The molecule has 6 nitrogen and oxygen atoms in total. The molecule has 0 aliphatic rings. The normalized spacial score (nSPS) is 10.4. The van der Waals surface area contributed by atoms with Crippen LogP contribution in [0.4, 0.5) is 0 Å².